The number of carbonyl (C=O) groups excluding carboxylic acids is 1. The summed E-state index contributed by atoms with van der Waals surface area (Å²) in [6.45, 7) is 7.38. The Morgan fingerprint density at radius 3 is 2.33 bits per heavy atom. The van der Waals surface area contributed by atoms with Crippen LogP contribution in [-0.2, 0) is 19.6 Å². The molecule has 0 saturated carbocycles. The largest absolute Gasteiger partial charge is 0.377 e. The van der Waals surface area contributed by atoms with Gasteiger partial charge in [0, 0.05) is 36.9 Å². The van der Waals surface area contributed by atoms with Crippen molar-refractivity contribution in [2.24, 2.45) is 5.92 Å². The summed E-state index contributed by atoms with van der Waals surface area (Å²) in [5, 5.41) is 2.97. The number of nitrogens with one attached hydrogen (secondary N) is 1. The van der Waals surface area contributed by atoms with Gasteiger partial charge in [0.15, 0.2) is 0 Å². The summed E-state index contributed by atoms with van der Waals surface area (Å²) in [6.07, 6.45) is 2.32. The predicted octanol–water partition coefficient (Wildman–Crippen LogP) is 1.91. The third-order valence-electron chi connectivity index (χ3n) is 5.39. The summed E-state index contributed by atoms with van der Waals surface area (Å²) < 4.78 is 30.2. The molecule has 1 aromatic carbocycles. The van der Waals surface area contributed by atoms with Gasteiger partial charge in [-0.15, -0.1) is 0 Å². The number of amides is 1. The second-order valence-corrected chi connectivity index (χ2v) is 9.97. The van der Waals surface area contributed by atoms with Gasteiger partial charge >= 0.3 is 0 Å². The molecule has 0 bridgehead atoms. The smallest absolute Gasteiger partial charge is 0.227 e. The molecule has 0 aliphatic carbocycles. The van der Waals surface area contributed by atoms with Gasteiger partial charge in [0.25, 0.3) is 0 Å². The van der Waals surface area contributed by atoms with Crippen LogP contribution in [0.1, 0.15) is 26.7 Å². The number of nitrogens with zero attached hydrogens (tertiary/aromatic N) is 2. The fraction of sp³-hybridized carbons (Fsp3) is 0.632. The average molecular weight is 396 g/mol. The lowest BCUT2D eigenvalue weighted by molar-refractivity contribution is -0.120. The van der Waals surface area contributed by atoms with E-state index in [9.17, 15) is 13.2 Å². The first-order valence-corrected chi connectivity index (χ1v) is 11.2. The van der Waals surface area contributed by atoms with Crippen LogP contribution in [0.2, 0.25) is 0 Å². The summed E-state index contributed by atoms with van der Waals surface area (Å²) in [5.74, 6) is -0.191. The minimum Gasteiger partial charge on any atom is -0.377 e. The van der Waals surface area contributed by atoms with Crippen molar-refractivity contribution >= 4 is 27.3 Å². The van der Waals surface area contributed by atoms with Crippen LogP contribution in [0.5, 0.6) is 0 Å². The van der Waals surface area contributed by atoms with Crippen molar-refractivity contribution in [3.63, 3.8) is 0 Å². The van der Waals surface area contributed by atoms with Gasteiger partial charge in [-0.25, -0.2) is 12.7 Å². The van der Waals surface area contributed by atoms with E-state index in [1.165, 1.54) is 10.6 Å². The molecule has 0 atom stereocenters. The summed E-state index contributed by atoms with van der Waals surface area (Å²) in [6, 6.07) is 7.89. The van der Waals surface area contributed by atoms with Crippen LogP contribution in [0.4, 0.5) is 11.4 Å². The highest BCUT2D eigenvalue weighted by Gasteiger charge is 2.31. The van der Waals surface area contributed by atoms with E-state index in [0.717, 1.165) is 17.9 Å². The Morgan fingerprint density at radius 2 is 1.78 bits per heavy atom. The van der Waals surface area contributed by atoms with E-state index in [2.05, 4.69) is 24.1 Å². The Bertz CT molecular complexity index is 769. The van der Waals surface area contributed by atoms with Gasteiger partial charge in [0.05, 0.1) is 25.0 Å². The highest BCUT2D eigenvalue weighted by molar-refractivity contribution is 7.88. The van der Waals surface area contributed by atoms with Gasteiger partial charge < -0.3 is 15.0 Å². The third kappa shape index (κ3) is 4.80. The van der Waals surface area contributed by atoms with Crippen molar-refractivity contribution in [2.75, 3.05) is 49.3 Å². The van der Waals surface area contributed by atoms with Gasteiger partial charge in [0.1, 0.15) is 0 Å². The van der Waals surface area contributed by atoms with E-state index in [0.29, 0.717) is 39.1 Å². The summed E-state index contributed by atoms with van der Waals surface area (Å²) in [7, 11) is -3.17. The molecule has 1 N–H and O–H groups in total. The lowest BCUT2D eigenvalue weighted by Gasteiger charge is -2.43. The molecular weight excluding hydrogens is 366 g/mol. The molecule has 1 amide bonds. The zero-order valence-electron chi connectivity index (χ0n) is 16.3. The molecule has 7 nitrogen and oxygen atoms in total. The Kier molecular flexibility index (Phi) is 5.79. The number of piperidine rings is 1. The lowest BCUT2D eigenvalue weighted by Crippen LogP contribution is -2.53. The van der Waals surface area contributed by atoms with Crippen molar-refractivity contribution in [1.29, 1.82) is 0 Å². The number of sulfonamides is 1. The summed E-state index contributed by atoms with van der Waals surface area (Å²) in [4.78, 5) is 14.8. The summed E-state index contributed by atoms with van der Waals surface area (Å²) >= 11 is 0. The van der Waals surface area contributed by atoms with E-state index < -0.39 is 10.0 Å². The minimum absolute atomic E-state index is 0.0393. The van der Waals surface area contributed by atoms with Crippen LogP contribution < -0.4 is 10.2 Å². The molecule has 0 unspecified atom stereocenters. The van der Waals surface area contributed by atoms with Crippen LogP contribution >= 0.6 is 0 Å². The first-order valence-electron chi connectivity index (χ1n) is 9.38. The Morgan fingerprint density at radius 1 is 1.15 bits per heavy atom. The van der Waals surface area contributed by atoms with Gasteiger partial charge in [-0.1, -0.05) is 0 Å². The maximum absolute atomic E-state index is 12.5. The fourth-order valence-corrected chi connectivity index (χ4v) is 4.63. The van der Waals surface area contributed by atoms with Gasteiger partial charge in [-0.2, -0.15) is 0 Å². The van der Waals surface area contributed by atoms with Crippen LogP contribution in [0, 0.1) is 5.92 Å². The number of carbonyl (C=O) groups is 1. The molecule has 2 heterocycles. The lowest BCUT2D eigenvalue weighted by atomic mass is 9.97. The van der Waals surface area contributed by atoms with Gasteiger partial charge in [-0.3, -0.25) is 4.79 Å². The van der Waals surface area contributed by atoms with E-state index in [-0.39, 0.29) is 17.4 Å². The molecule has 2 fully saturated rings. The molecule has 150 valence electrons. The number of morpholine rings is 1. The van der Waals surface area contributed by atoms with Crippen molar-refractivity contribution in [1.82, 2.24) is 4.31 Å². The van der Waals surface area contributed by atoms with E-state index in [4.69, 9.17) is 4.74 Å². The second-order valence-electron chi connectivity index (χ2n) is 7.99. The molecule has 0 radical (unpaired) electrons. The van der Waals surface area contributed by atoms with E-state index in [1.54, 1.807) is 0 Å². The SMILES string of the molecule is CC1(C)COCCN1c1ccc(NC(=O)C2CCN(S(C)(=O)=O)CC2)cc1. The molecule has 27 heavy (non-hydrogen) atoms. The molecular formula is C19H29N3O4S. The normalized spacial score (nSPS) is 21.8. The van der Waals surface area contributed by atoms with Crippen molar-refractivity contribution in [3.05, 3.63) is 24.3 Å². The minimum atomic E-state index is -3.17. The first-order chi connectivity index (χ1) is 12.7. The fourth-order valence-electron chi connectivity index (χ4n) is 3.76. The van der Waals surface area contributed by atoms with Crippen molar-refractivity contribution < 1.29 is 17.9 Å². The van der Waals surface area contributed by atoms with Crippen LogP contribution in [-0.4, -0.2) is 63.3 Å². The van der Waals surface area contributed by atoms with E-state index >= 15 is 0 Å². The van der Waals surface area contributed by atoms with Crippen LogP contribution in [0.25, 0.3) is 0 Å². The van der Waals surface area contributed by atoms with Gasteiger partial charge in [0.2, 0.25) is 15.9 Å². The first kappa shape index (κ1) is 20.1. The quantitative estimate of drug-likeness (QED) is 0.843. The Hall–Kier alpha value is -1.64. The standard InChI is InChI=1S/C19H29N3O4S/c1-19(2)14-26-13-12-22(19)17-6-4-16(5-7-17)20-18(23)15-8-10-21(11-9-15)27(3,24)25/h4-7,15H,8-14H2,1-3H3,(H,20,23). The van der Waals surface area contributed by atoms with Crippen LogP contribution in [0.15, 0.2) is 24.3 Å². The van der Waals surface area contributed by atoms with Crippen molar-refractivity contribution in [3.8, 4) is 0 Å². The zero-order chi connectivity index (χ0) is 19.7. The number of hydrogen-bond acceptors (Lipinski definition) is 5. The maximum atomic E-state index is 12.5. The van der Waals surface area contributed by atoms with Gasteiger partial charge in [-0.05, 0) is 51.0 Å². The molecule has 3 rings (SSSR count). The number of hydrogen-bond donors (Lipinski definition) is 1. The number of ether oxygens (including phenoxy) is 1. The predicted molar refractivity (Wildman–Crippen MR) is 106 cm³/mol. The molecule has 0 spiro atoms. The van der Waals surface area contributed by atoms with E-state index in [1.807, 2.05) is 24.3 Å². The Balaban J connectivity index is 1.58. The second kappa shape index (κ2) is 7.77. The molecule has 0 aromatic heterocycles. The topological polar surface area (TPSA) is 79.0 Å². The van der Waals surface area contributed by atoms with Crippen molar-refractivity contribution in [2.45, 2.75) is 32.2 Å². The number of benzene rings is 1. The highest BCUT2D eigenvalue weighted by atomic mass is 32.2. The molecule has 1 aromatic rings. The molecule has 2 saturated heterocycles. The molecule has 8 heteroatoms. The number of rotatable bonds is 4. The zero-order valence-corrected chi connectivity index (χ0v) is 17.1. The molecule has 2 aliphatic rings. The maximum Gasteiger partial charge on any atom is 0.227 e. The monoisotopic (exact) mass is 395 g/mol. The molecule has 2 aliphatic heterocycles. The average Bonchev–Trinajstić information content (AvgIpc) is 2.61. The Labute approximate surface area is 161 Å². The third-order valence-corrected chi connectivity index (χ3v) is 6.69. The number of anilines is 2. The highest BCUT2D eigenvalue weighted by Crippen LogP contribution is 2.28. The van der Waals surface area contributed by atoms with Crippen LogP contribution in [0.3, 0.4) is 0 Å². The summed E-state index contributed by atoms with van der Waals surface area (Å²) in [5.41, 5.74) is 1.82.